The van der Waals surface area contributed by atoms with E-state index in [0.29, 0.717) is 0 Å². The number of hydrogen-bond acceptors (Lipinski definition) is 2. The van der Waals surface area contributed by atoms with Crippen LogP contribution >= 0.6 is 0 Å². The lowest BCUT2D eigenvalue weighted by Gasteiger charge is -2.32. The van der Waals surface area contributed by atoms with Gasteiger partial charge in [-0.15, -0.1) is 0 Å². The molecule has 0 saturated carbocycles. The van der Waals surface area contributed by atoms with Gasteiger partial charge in [-0.3, -0.25) is 0 Å². The molecule has 2 heteroatoms. The van der Waals surface area contributed by atoms with Crippen molar-refractivity contribution in [3.05, 3.63) is 0 Å². The summed E-state index contributed by atoms with van der Waals surface area (Å²) in [6.45, 7) is 5.19. The number of hydrogen-bond donors (Lipinski definition) is 1. The summed E-state index contributed by atoms with van der Waals surface area (Å²) in [6, 6.07) is 0. The van der Waals surface area contributed by atoms with Gasteiger partial charge in [0.2, 0.25) is 0 Å². The van der Waals surface area contributed by atoms with Crippen LogP contribution in [0.15, 0.2) is 0 Å². The van der Waals surface area contributed by atoms with Gasteiger partial charge in [-0.2, -0.15) is 0 Å². The summed E-state index contributed by atoms with van der Waals surface area (Å²) in [5.41, 5.74) is 0. The molecule has 14 heavy (non-hydrogen) atoms. The van der Waals surface area contributed by atoms with Gasteiger partial charge in [-0.1, -0.05) is 0 Å². The Kier molecular flexibility index (Phi) is 3.82. The van der Waals surface area contributed by atoms with E-state index in [0.717, 1.165) is 11.8 Å². The smallest absolute Gasteiger partial charge is 0.00191 e. The van der Waals surface area contributed by atoms with E-state index in [4.69, 9.17) is 0 Å². The van der Waals surface area contributed by atoms with E-state index in [1.54, 1.807) is 0 Å². The molecule has 2 nitrogen and oxygen atoms in total. The fraction of sp³-hybridized carbons (Fsp3) is 1.00. The van der Waals surface area contributed by atoms with Gasteiger partial charge in [0.05, 0.1) is 0 Å². The normalized spacial score (nSPS) is 31.9. The summed E-state index contributed by atoms with van der Waals surface area (Å²) in [6.07, 6.45) is 7.23. The minimum atomic E-state index is 0.983. The van der Waals surface area contributed by atoms with E-state index in [1.165, 1.54) is 58.3 Å². The summed E-state index contributed by atoms with van der Waals surface area (Å²) in [7, 11) is 2.25. The molecule has 0 aliphatic carbocycles. The predicted molar refractivity (Wildman–Crippen MR) is 60.4 cm³/mol. The van der Waals surface area contributed by atoms with E-state index < -0.39 is 0 Å². The van der Waals surface area contributed by atoms with Crippen molar-refractivity contribution in [1.29, 1.82) is 0 Å². The number of nitrogens with zero attached hydrogens (tertiary/aromatic N) is 1. The molecule has 2 aliphatic rings. The lowest BCUT2D eigenvalue weighted by atomic mass is 9.84. The van der Waals surface area contributed by atoms with Gasteiger partial charge in [-0.05, 0) is 77.2 Å². The van der Waals surface area contributed by atoms with Crippen LogP contribution in [0.1, 0.15) is 32.1 Å². The van der Waals surface area contributed by atoms with Gasteiger partial charge in [0, 0.05) is 0 Å². The second-order valence-corrected chi connectivity index (χ2v) is 5.19. The molecule has 2 heterocycles. The number of nitrogens with one attached hydrogen (secondary N) is 1. The maximum absolute atomic E-state index is 3.52. The zero-order valence-electron chi connectivity index (χ0n) is 9.47. The van der Waals surface area contributed by atoms with E-state index in [1.807, 2.05) is 0 Å². The molecule has 0 spiro atoms. The highest BCUT2D eigenvalue weighted by molar-refractivity contribution is 4.76. The molecule has 0 radical (unpaired) electrons. The van der Waals surface area contributed by atoms with Crippen molar-refractivity contribution >= 4 is 0 Å². The van der Waals surface area contributed by atoms with Crippen molar-refractivity contribution in [2.24, 2.45) is 11.8 Å². The minimum absolute atomic E-state index is 0.983. The van der Waals surface area contributed by atoms with Crippen molar-refractivity contribution in [1.82, 2.24) is 10.2 Å². The maximum atomic E-state index is 3.52. The van der Waals surface area contributed by atoms with Crippen molar-refractivity contribution in [2.45, 2.75) is 32.1 Å². The first-order valence-electron chi connectivity index (χ1n) is 6.24. The molecule has 2 aliphatic heterocycles. The fourth-order valence-corrected chi connectivity index (χ4v) is 2.89. The van der Waals surface area contributed by atoms with E-state index in [-0.39, 0.29) is 0 Å². The van der Waals surface area contributed by atoms with Crippen molar-refractivity contribution in [2.75, 3.05) is 33.2 Å². The fourth-order valence-electron chi connectivity index (χ4n) is 2.89. The van der Waals surface area contributed by atoms with E-state index >= 15 is 0 Å². The van der Waals surface area contributed by atoms with Crippen molar-refractivity contribution < 1.29 is 0 Å². The average Bonchev–Trinajstić information content (AvgIpc) is 2.23. The molecule has 1 atom stereocenters. The Balaban J connectivity index is 1.68. The van der Waals surface area contributed by atoms with Crippen LogP contribution in [0.25, 0.3) is 0 Å². The third kappa shape index (κ3) is 2.96. The second kappa shape index (κ2) is 5.13. The Hall–Kier alpha value is -0.0800. The van der Waals surface area contributed by atoms with Gasteiger partial charge >= 0.3 is 0 Å². The first-order valence-corrected chi connectivity index (χ1v) is 6.24. The number of rotatable bonds is 2. The zero-order valence-corrected chi connectivity index (χ0v) is 9.47. The zero-order chi connectivity index (χ0) is 9.80. The maximum Gasteiger partial charge on any atom is -0.00191 e. The molecule has 0 aromatic rings. The summed E-state index contributed by atoms with van der Waals surface area (Å²) < 4.78 is 0. The predicted octanol–water partition coefficient (Wildman–Crippen LogP) is 1.72. The SMILES string of the molecule is CN1CCC(C[C@@H]2CCCNC2)CC1. The highest BCUT2D eigenvalue weighted by Gasteiger charge is 2.21. The van der Waals surface area contributed by atoms with Gasteiger partial charge in [0.15, 0.2) is 0 Å². The van der Waals surface area contributed by atoms with Crippen LogP contribution in [0.3, 0.4) is 0 Å². The largest absolute Gasteiger partial charge is 0.316 e. The second-order valence-electron chi connectivity index (χ2n) is 5.19. The molecule has 82 valence electrons. The Bertz CT molecular complexity index is 156. The quantitative estimate of drug-likeness (QED) is 0.723. The van der Waals surface area contributed by atoms with Crippen LogP contribution < -0.4 is 5.32 Å². The van der Waals surface area contributed by atoms with E-state index in [2.05, 4.69) is 17.3 Å². The van der Waals surface area contributed by atoms with Crippen LogP contribution in [0.4, 0.5) is 0 Å². The molecule has 1 N–H and O–H groups in total. The van der Waals surface area contributed by atoms with Gasteiger partial charge in [-0.25, -0.2) is 0 Å². The Morgan fingerprint density at radius 3 is 2.57 bits per heavy atom. The van der Waals surface area contributed by atoms with Crippen LogP contribution in [0.2, 0.25) is 0 Å². The summed E-state index contributed by atoms with van der Waals surface area (Å²) in [5, 5.41) is 3.52. The molecule has 0 amide bonds. The van der Waals surface area contributed by atoms with Crippen molar-refractivity contribution in [3.8, 4) is 0 Å². The lowest BCUT2D eigenvalue weighted by Crippen LogP contribution is -2.34. The monoisotopic (exact) mass is 196 g/mol. The Morgan fingerprint density at radius 1 is 1.14 bits per heavy atom. The van der Waals surface area contributed by atoms with Crippen molar-refractivity contribution in [3.63, 3.8) is 0 Å². The molecule has 0 aromatic heterocycles. The Labute approximate surface area is 88.1 Å². The van der Waals surface area contributed by atoms with E-state index in [9.17, 15) is 0 Å². The first-order chi connectivity index (χ1) is 6.84. The average molecular weight is 196 g/mol. The highest BCUT2D eigenvalue weighted by atomic mass is 15.1. The number of piperidine rings is 2. The molecule has 2 fully saturated rings. The molecule has 2 rings (SSSR count). The third-order valence-electron chi connectivity index (χ3n) is 3.90. The Morgan fingerprint density at radius 2 is 1.93 bits per heavy atom. The molecule has 0 aromatic carbocycles. The first kappa shape index (κ1) is 10.4. The summed E-state index contributed by atoms with van der Waals surface area (Å²) >= 11 is 0. The van der Waals surface area contributed by atoms with Gasteiger partial charge in [0.25, 0.3) is 0 Å². The van der Waals surface area contributed by atoms with Crippen LogP contribution in [0, 0.1) is 11.8 Å². The summed E-state index contributed by atoms with van der Waals surface area (Å²) in [4.78, 5) is 2.47. The van der Waals surface area contributed by atoms with Crippen LogP contribution in [-0.2, 0) is 0 Å². The van der Waals surface area contributed by atoms with Crippen LogP contribution in [0.5, 0.6) is 0 Å². The van der Waals surface area contributed by atoms with Crippen LogP contribution in [-0.4, -0.2) is 38.1 Å². The standard InChI is InChI=1S/C12H24N2/c1-14-7-4-11(5-8-14)9-12-3-2-6-13-10-12/h11-13H,2-10H2,1H3/t12-/m0/s1. The lowest BCUT2D eigenvalue weighted by molar-refractivity contribution is 0.185. The molecular formula is C12H24N2. The summed E-state index contributed by atoms with van der Waals surface area (Å²) in [5.74, 6) is 2.01. The minimum Gasteiger partial charge on any atom is -0.316 e. The topological polar surface area (TPSA) is 15.3 Å². The highest BCUT2D eigenvalue weighted by Crippen LogP contribution is 2.26. The molecule has 2 saturated heterocycles. The van der Waals surface area contributed by atoms with Gasteiger partial charge in [0.1, 0.15) is 0 Å². The van der Waals surface area contributed by atoms with Gasteiger partial charge < -0.3 is 10.2 Å². The third-order valence-corrected chi connectivity index (χ3v) is 3.90. The molecule has 0 bridgehead atoms. The number of likely N-dealkylation sites (tertiary alicyclic amines) is 1. The molecular weight excluding hydrogens is 172 g/mol. The molecule has 0 unspecified atom stereocenters.